The predicted molar refractivity (Wildman–Crippen MR) is 125 cm³/mol. The minimum Gasteiger partial charge on any atom is -0.322 e. The number of pyridine rings is 1. The van der Waals surface area contributed by atoms with Gasteiger partial charge < -0.3 is 5.32 Å². The van der Waals surface area contributed by atoms with E-state index in [0.717, 1.165) is 36.0 Å². The van der Waals surface area contributed by atoms with Crippen molar-refractivity contribution in [2.75, 3.05) is 11.9 Å². The van der Waals surface area contributed by atoms with Crippen LogP contribution in [0, 0.1) is 13.8 Å². The van der Waals surface area contributed by atoms with E-state index in [4.69, 9.17) is 0 Å². The molecule has 1 aromatic heterocycles. The summed E-state index contributed by atoms with van der Waals surface area (Å²) in [7, 11) is -3.67. The highest BCUT2D eigenvalue weighted by molar-refractivity contribution is 7.89. The summed E-state index contributed by atoms with van der Waals surface area (Å²) < 4.78 is 28.4. The Morgan fingerprint density at radius 2 is 1.81 bits per heavy atom. The highest BCUT2D eigenvalue weighted by Gasteiger charge is 2.34. The van der Waals surface area contributed by atoms with E-state index in [2.05, 4.69) is 10.3 Å². The van der Waals surface area contributed by atoms with Crippen molar-refractivity contribution in [3.63, 3.8) is 0 Å². The molecule has 1 atom stereocenters. The van der Waals surface area contributed by atoms with Crippen LogP contribution >= 0.6 is 0 Å². The van der Waals surface area contributed by atoms with Crippen LogP contribution in [-0.2, 0) is 10.0 Å². The first-order valence-electron chi connectivity index (χ1n) is 10.8. The Kier molecular flexibility index (Phi) is 6.39. The molecule has 7 heteroatoms. The van der Waals surface area contributed by atoms with Gasteiger partial charge in [-0.2, -0.15) is 4.31 Å². The lowest BCUT2D eigenvalue weighted by Gasteiger charge is -2.34. The van der Waals surface area contributed by atoms with Gasteiger partial charge in [-0.15, -0.1) is 0 Å². The highest BCUT2D eigenvalue weighted by atomic mass is 32.2. The normalized spacial score (nSPS) is 17.1. The number of rotatable bonds is 5. The van der Waals surface area contributed by atoms with Crippen molar-refractivity contribution >= 4 is 21.6 Å². The lowest BCUT2D eigenvalue weighted by molar-refractivity contribution is 0.102. The van der Waals surface area contributed by atoms with E-state index in [0.29, 0.717) is 17.8 Å². The molecule has 0 aliphatic carbocycles. The number of aromatic nitrogens is 1. The molecule has 1 aliphatic heterocycles. The first kappa shape index (κ1) is 22.2. The number of carbonyl (C=O) groups is 1. The molecule has 1 N–H and O–H groups in total. The van der Waals surface area contributed by atoms with Crippen LogP contribution in [0.25, 0.3) is 0 Å². The van der Waals surface area contributed by atoms with Gasteiger partial charge in [-0.25, -0.2) is 8.42 Å². The summed E-state index contributed by atoms with van der Waals surface area (Å²) in [4.78, 5) is 16.9. The van der Waals surface area contributed by atoms with Crippen molar-refractivity contribution in [2.24, 2.45) is 0 Å². The highest BCUT2D eigenvalue weighted by Crippen LogP contribution is 2.35. The van der Waals surface area contributed by atoms with Gasteiger partial charge in [-0.05, 0) is 85.8 Å². The molecule has 1 aliphatic rings. The van der Waals surface area contributed by atoms with Crippen LogP contribution in [0.5, 0.6) is 0 Å². The lowest BCUT2D eigenvalue weighted by atomic mass is 9.99. The summed E-state index contributed by atoms with van der Waals surface area (Å²) in [5.74, 6) is -0.226. The zero-order chi connectivity index (χ0) is 22.7. The van der Waals surface area contributed by atoms with Gasteiger partial charge in [0.15, 0.2) is 0 Å². The van der Waals surface area contributed by atoms with Crippen LogP contribution in [-0.4, -0.2) is 30.2 Å². The predicted octanol–water partition coefficient (Wildman–Crippen LogP) is 4.87. The van der Waals surface area contributed by atoms with E-state index >= 15 is 0 Å². The first-order valence-corrected chi connectivity index (χ1v) is 12.2. The van der Waals surface area contributed by atoms with Crippen LogP contribution in [0.1, 0.15) is 52.4 Å². The Morgan fingerprint density at radius 1 is 1.03 bits per heavy atom. The van der Waals surface area contributed by atoms with Crippen molar-refractivity contribution in [3.8, 4) is 0 Å². The smallest absolute Gasteiger partial charge is 0.255 e. The molecule has 2 heterocycles. The number of nitrogens with zero attached hydrogens (tertiary/aromatic N) is 2. The van der Waals surface area contributed by atoms with Crippen LogP contribution in [0.2, 0.25) is 0 Å². The Morgan fingerprint density at radius 3 is 2.50 bits per heavy atom. The number of carbonyl (C=O) groups excluding carboxylic acids is 1. The third-order valence-electron chi connectivity index (χ3n) is 6.01. The van der Waals surface area contributed by atoms with Crippen molar-refractivity contribution < 1.29 is 13.2 Å². The number of aryl methyl sites for hydroxylation is 2. The minimum atomic E-state index is -3.67. The molecule has 1 saturated heterocycles. The molecule has 166 valence electrons. The molecular formula is C25H27N3O3S. The summed E-state index contributed by atoms with van der Waals surface area (Å²) in [6.07, 6.45) is 6.02. The maximum Gasteiger partial charge on any atom is 0.255 e. The SMILES string of the molecule is Cc1ccc(C(=O)Nc2ccc(S(=O)(=O)N3CCCCC3c3cccnc3)cc2)cc1C. The summed E-state index contributed by atoms with van der Waals surface area (Å²) in [6.45, 7) is 4.44. The minimum absolute atomic E-state index is 0.216. The molecule has 32 heavy (non-hydrogen) atoms. The fourth-order valence-electron chi connectivity index (χ4n) is 4.03. The van der Waals surface area contributed by atoms with Gasteiger partial charge in [0.1, 0.15) is 0 Å². The first-order chi connectivity index (χ1) is 15.4. The molecule has 3 aromatic rings. The zero-order valence-electron chi connectivity index (χ0n) is 18.3. The summed E-state index contributed by atoms with van der Waals surface area (Å²) in [6, 6.07) is 15.5. The molecule has 4 rings (SSSR count). The average molecular weight is 450 g/mol. The Balaban J connectivity index is 1.53. The van der Waals surface area contributed by atoms with Gasteiger partial charge in [0, 0.05) is 30.2 Å². The summed E-state index contributed by atoms with van der Waals surface area (Å²) >= 11 is 0. The summed E-state index contributed by atoms with van der Waals surface area (Å²) in [5, 5.41) is 2.84. The third-order valence-corrected chi connectivity index (χ3v) is 7.93. The zero-order valence-corrected chi connectivity index (χ0v) is 19.1. The molecule has 1 amide bonds. The molecule has 0 radical (unpaired) electrons. The van der Waals surface area contributed by atoms with Crippen LogP contribution in [0.15, 0.2) is 71.9 Å². The number of benzene rings is 2. The van der Waals surface area contributed by atoms with Gasteiger partial charge in [0.2, 0.25) is 10.0 Å². The maximum atomic E-state index is 13.4. The topological polar surface area (TPSA) is 79.4 Å². The summed E-state index contributed by atoms with van der Waals surface area (Å²) in [5.41, 5.74) is 4.20. The largest absolute Gasteiger partial charge is 0.322 e. The Hall–Kier alpha value is -3.03. The third kappa shape index (κ3) is 4.59. The van der Waals surface area contributed by atoms with Gasteiger partial charge in [-0.1, -0.05) is 18.6 Å². The number of piperidine rings is 1. The molecule has 0 saturated carbocycles. The van der Waals surface area contributed by atoms with Crippen molar-refractivity contribution in [1.82, 2.24) is 9.29 Å². The standard InChI is InChI=1S/C25H27N3O3S/c1-18-8-9-20(16-19(18)2)25(29)27-22-10-12-23(13-11-22)32(30,31)28-15-4-3-7-24(28)21-6-5-14-26-17-21/h5-6,8-14,16-17,24H,3-4,7,15H2,1-2H3,(H,27,29). The van der Waals surface area contributed by atoms with E-state index < -0.39 is 10.0 Å². The van der Waals surface area contributed by atoms with E-state index in [1.165, 1.54) is 0 Å². The van der Waals surface area contributed by atoms with Crippen LogP contribution in [0.3, 0.4) is 0 Å². The van der Waals surface area contributed by atoms with Gasteiger partial charge in [0.25, 0.3) is 5.91 Å². The Bertz CT molecular complexity index is 1210. The number of amides is 1. The van der Waals surface area contributed by atoms with E-state index in [1.807, 2.05) is 38.1 Å². The van der Waals surface area contributed by atoms with Gasteiger partial charge in [0.05, 0.1) is 10.9 Å². The molecule has 1 unspecified atom stereocenters. The van der Waals surface area contributed by atoms with Crippen molar-refractivity contribution in [2.45, 2.75) is 44.0 Å². The maximum absolute atomic E-state index is 13.4. The van der Waals surface area contributed by atoms with E-state index in [9.17, 15) is 13.2 Å². The van der Waals surface area contributed by atoms with E-state index in [-0.39, 0.29) is 16.8 Å². The lowest BCUT2D eigenvalue weighted by Crippen LogP contribution is -2.38. The van der Waals surface area contributed by atoms with Crippen molar-refractivity contribution in [1.29, 1.82) is 0 Å². The van der Waals surface area contributed by atoms with Crippen LogP contribution in [0.4, 0.5) is 5.69 Å². The van der Waals surface area contributed by atoms with Crippen LogP contribution < -0.4 is 5.32 Å². The molecule has 6 nitrogen and oxygen atoms in total. The second-order valence-corrected chi connectivity index (χ2v) is 10.1. The van der Waals surface area contributed by atoms with Crippen molar-refractivity contribution in [3.05, 3.63) is 89.2 Å². The van der Waals surface area contributed by atoms with E-state index in [1.54, 1.807) is 47.0 Å². The number of hydrogen-bond acceptors (Lipinski definition) is 4. The molecular weight excluding hydrogens is 422 g/mol. The molecule has 1 fully saturated rings. The Labute approximate surface area is 189 Å². The fraction of sp³-hybridized carbons (Fsp3) is 0.280. The molecule has 0 bridgehead atoms. The van der Waals surface area contributed by atoms with Gasteiger partial charge in [-0.3, -0.25) is 9.78 Å². The quantitative estimate of drug-likeness (QED) is 0.603. The monoisotopic (exact) mass is 449 g/mol. The number of sulfonamides is 1. The molecule has 2 aromatic carbocycles. The second-order valence-electron chi connectivity index (χ2n) is 8.19. The molecule has 0 spiro atoms. The number of nitrogens with one attached hydrogen (secondary N) is 1. The fourth-order valence-corrected chi connectivity index (χ4v) is 5.71. The average Bonchev–Trinajstić information content (AvgIpc) is 2.82. The number of hydrogen-bond donors (Lipinski definition) is 1. The number of anilines is 1. The van der Waals surface area contributed by atoms with Gasteiger partial charge >= 0.3 is 0 Å². The second kappa shape index (κ2) is 9.22.